The summed E-state index contributed by atoms with van der Waals surface area (Å²) in [5, 5.41) is 4.86. The standard InChI is InChI=1S/C12H14FN3O2S/c13-7-3-8(14)5-10(4-7)19-6-11(17)16-12(18)15-9-1-2-9/h3-5,9H,1-2,6,14H2,(H2,15,16,17,18). The number of imide groups is 1. The third-order valence-corrected chi connectivity index (χ3v) is 3.40. The van der Waals surface area contributed by atoms with Crippen molar-refractivity contribution in [1.82, 2.24) is 10.6 Å². The van der Waals surface area contributed by atoms with Crippen molar-refractivity contribution in [2.24, 2.45) is 0 Å². The van der Waals surface area contributed by atoms with Gasteiger partial charge >= 0.3 is 6.03 Å². The summed E-state index contributed by atoms with van der Waals surface area (Å²) >= 11 is 1.12. The minimum absolute atomic E-state index is 0.0287. The van der Waals surface area contributed by atoms with Crippen molar-refractivity contribution in [3.8, 4) is 0 Å². The second-order valence-electron chi connectivity index (χ2n) is 4.30. The number of rotatable bonds is 4. The van der Waals surface area contributed by atoms with Crippen LogP contribution in [0.1, 0.15) is 12.8 Å². The Balaban J connectivity index is 1.77. The Kier molecular flexibility index (Phi) is 4.26. The van der Waals surface area contributed by atoms with Crippen LogP contribution in [0.15, 0.2) is 23.1 Å². The third-order valence-electron chi connectivity index (χ3n) is 2.43. The minimum atomic E-state index is -0.480. The molecular formula is C12H14FN3O2S. The van der Waals surface area contributed by atoms with Gasteiger partial charge in [0.25, 0.3) is 0 Å². The van der Waals surface area contributed by atoms with E-state index in [9.17, 15) is 14.0 Å². The van der Waals surface area contributed by atoms with E-state index in [0.29, 0.717) is 10.6 Å². The van der Waals surface area contributed by atoms with Gasteiger partial charge in [-0.1, -0.05) is 0 Å². The second kappa shape index (κ2) is 5.92. The first-order chi connectivity index (χ1) is 9.02. The number of urea groups is 1. The van der Waals surface area contributed by atoms with Gasteiger partial charge in [-0.15, -0.1) is 11.8 Å². The summed E-state index contributed by atoms with van der Waals surface area (Å²) in [6, 6.07) is 3.78. The number of carbonyl (C=O) groups excluding carboxylic acids is 2. The number of halogens is 1. The first-order valence-corrected chi connectivity index (χ1v) is 6.81. The molecule has 0 aliphatic heterocycles. The average molecular weight is 283 g/mol. The molecule has 5 nitrogen and oxygen atoms in total. The molecule has 0 heterocycles. The molecule has 0 spiro atoms. The number of carbonyl (C=O) groups is 2. The van der Waals surface area contributed by atoms with Gasteiger partial charge in [-0.3, -0.25) is 10.1 Å². The molecule has 1 aromatic rings. The minimum Gasteiger partial charge on any atom is -0.399 e. The number of hydrogen-bond acceptors (Lipinski definition) is 4. The smallest absolute Gasteiger partial charge is 0.321 e. The molecule has 102 valence electrons. The highest BCUT2D eigenvalue weighted by Gasteiger charge is 2.23. The fourth-order valence-corrected chi connectivity index (χ4v) is 2.21. The molecule has 3 amide bonds. The molecular weight excluding hydrogens is 269 g/mol. The molecule has 0 bridgehead atoms. The molecule has 4 N–H and O–H groups in total. The van der Waals surface area contributed by atoms with Crippen molar-refractivity contribution >= 4 is 29.4 Å². The highest BCUT2D eigenvalue weighted by molar-refractivity contribution is 8.00. The number of benzene rings is 1. The van der Waals surface area contributed by atoms with E-state index in [1.54, 1.807) is 6.07 Å². The van der Waals surface area contributed by atoms with E-state index in [0.717, 1.165) is 24.6 Å². The Morgan fingerprint density at radius 3 is 2.74 bits per heavy atom. The predicted octanol–water partition coefficient (Wildman–Crippen LogP) is 1.49. The van der Waals surface area contributed by atoms with Gasteiger partial charge < -0.3 is 11.1 Å². The maximum Gasteiger partial charge on any atom is 0.321 e. The molecule has 0 aromatic heterocycles. The summed E-state index contributed by atoms with van der Waals surface area (Å²) in [6.07, 6.45) is 1.91. The van der Waals surface area contributed by atoms with E-state index >= 15 is 0 Å². The summed E-state index contributed by atoms with van der Waals surface area (Å²) in [6.45, 7) is 0. The van der Waals surface area contributed by atoms with Crippen molar-refractivity contribution in [3.05, 3.63) is 24.0 Å². The van der Waals surface area contributed by atoms with E-state index in [-0.39, 0.29) is 11.8 Å². The number of thioether (sulfide) groups is 1. The quantitative estimate of drug-likeness (QED) is 0.577. The number of nitrogens with two attached hydrogens (primary N) is 1. The maximum absolute atomic E-state index is 13.1. The molecule has 1 fully saturated rings. The van der Waals surface area contributed by atoms with Crippen LogP contribution in [0.25, 0.3) is 0 Å². The van der Waals surface area contributed by atoms with Gasteiger partial charge in [0.1, 0.15) is 5.82 Å². The third kappa shape index (κ3) is 4.78. The van der Waals surface area contributed by atoms with Crippen LogP contribution in [0.4, 0.5) is 14.9 Å². The van der Waals surface area contributed by atoms with Gasteiger partial charge in [0, 0.05) is 16.6 Å². The number of nitrogen functional groups attached to an aromatic ring is 1. The molecule has 19 heavy (non-hydrogen) atoms. The van der Waals surface area contributed by atoms with Crippen molar-refractivity contribution in [1.29, 1.82) is 0 Å². The molecule has 0 radical (unpaired) electrons. The van der Waals surface area contributed by atoms with Crippen molar-refractivity contribution < 1.29 is 14.0 Å². The second-order valence-corrected chi connectivity index (χ2v) is 5.35. The Bertz CT molecular complexity index is 485. The zero-order valence-corrected chi connectivity index (χ0v) is 10.9. The lowest BCUT2D eigenvalue weighted by atomic mass is 10.3. The number of nitrogens with one attached hydrogen (secondary N) is 2. The summed E-state index contributed by atoms with van der Waals surface area (Å²) in [7, 11) is 0. The van der Waals surface area contributed by atoms with E-state index in [1.165, 1.54) is 12.1 Å². The van der Waals surface area contributed by atoms with Crippen molar-refractivity contribution in [3.63, 3.8) is 0 Å². The predicted molar refractivity (Wildman–Crippen MR) is 71.2 cm³/mol. The number of hydrogen-bond donors (Lipinski definition) is 3. The van der Waals surface area contributed by atoms with Crippen LogP contribution in [0.5, 0.6) is 0 Å². The van der Waals surface area contributed by atoms with Gasteiger partial charge in [-0.2, -0.15) is 0 Å². The molecule has 1 aliphatic rings. The van der Waals surface area contributed by atoms with Gasteiger partial charge in [0.2, 0.25) is 5.91 Å². The van der Waals surface area contributed by atoms with Crippen LogP contribution in [-0.4, -0.2) is 23.7 Å². The Morgan fingerprint density at radius 2 is 2.11 bits per heavy atom. The Hall–Kier alpha value is -1.76. The van der Waals surface area contributed by atoms with Crippen LogP contribution in [0.2, 0.25) is 0 Å². The molecule has 7 heteroatoms. The van der Waals surface area contributed by atoms with Gasteiger partial charge in [0.05, 0.1) is 5.75 Å². The summed E-state index contributed by atoms with van der Waals surface area (Å²) in [5.41, 5.74) is 5.79. The maximum atomic E-state index is 13.1. The van der Waals surface area contributed by atoms with E-state index < -0.39 is 17.8 Å². The van der Waals surface area contributed by atoms with Crippen LogP contribution in [-0.2, 0) is 4.79 Å². The fourth-order valence-electron chi connectivity index (χ4n) is 1.43. The Labute approximate surface area is 114 Å². The molecule has 1 saturated carbocycles. The molecule has 1 aromatic carbocycles. The van der Waals surface area contributed by atoms with Crippen molar-refractivity contribution in [2.45, 2.75) is 23.8 Å². The van der Waals surface area contributed by atoms with E-state index in [4.69, 9.17) is 5.73 Å². The topological polar surface area (TPSA) is 84.2 Å². The zero-order chi connectivity index (χ0) is 13.8. The molecule has 0 unspecified atom stereocenters. The monoisotopic (exact) mass is 283 g/mol. The average Bonchev–Trinajstić information content (AvgIpc) is 3.08. The molecule has 0 atom stereocenters. The first-order valence-electron chi connectivity index (χ1n) is 5.82. The summed E-state index contributed by atoms with van der Waals surface area (Å²) in [5.74, 6) is -0.846. The van der Waals surface area contributed by atoms with Crippen LogP contribution >= 0.6 is 11.8 Å². The van der Waals surface area contributed by atoms with E-state index in [1.807, 2.05) is 0 Å². The summed E-state index contributed by atoms with van der Waals surface area (Å²) in [4.78, 5) is 23.3. The van der Waals surface area contributed by atoms with Gasteiger partial charge in [-0.25, -0.2) is 9.18 Å². The Morgan fingerprint density at radius 1 is 1.37 bits per heavy atom. The number of anilines is 1. The van der Waals surface area contributed by atoms with Gasteiger partial charge in [0.15, 0.2) is 0 Å². The first kappa shape index (κ1) is 13.7. The van der Waals surface area contributed by atoms with Crippen LogP contribution < -0.4 is 16.4 Å². The SMILES string of the molecule is Nc1cc(F)cc(SCC(=O)NC(=O)NC2CC2)c1. The summed E-state index contributed by atoms with van der Waals surface area (Å²) < 4.78 is 13.1. The zero-order valence-electron chi connectivity index (χ0n) is 10.1. The normalized spacial score (nSPS) is 13.9. The van der Waals surface area contributed by atoms with Crippen LogP contribution in [0.3, 0.4) is 0 Å². The highest BCUT2D eigenvalue weighted by Crippen LogP contribution is 2.22. The molecule has 0 saturated heterocycles. The fraction of sp³-hybridized carbons (Fsp3) is 0.333. The lowest BCUT2D eigenvalue weighted by Gasteiger charge is -2.06. The highest BCUT2D eigenvalue weighted by atomic mass is 32.2. The van der Waals surface area contributed by atoms with Crippen LogP contribution in [0, 0.1) is 5.82 Å². The molecule has 1 aliphatic carbocycles. The number of amides is 3. The largest absolute Gasteiger partial charge is 0.399 e. The van der Waals surface area contributed by atoms with E-state index in [2.05, 4.69) is 10.6 Å². The lowest BCUT2D eigenvalue weighted by Crippen LogP contribution is -2.41. The van der Waals surface area contributed by atoms with Gasteiger partial charge in [-0.05, 0) is 31.0 Å². The van der Waals surface area contributed by atoms with Crippen molar-refractivity contribution in [2.75, 3.05) is 11.5 Å². The molecule has 2 rings (SSSR count). The lowest BCUT2D eigenvalue weighted by molar-refractivity contribution is -0.117.